The third-order valence-electron chi connectivity index (χ3n) is 2.89. The molecule has 0 bridgehead atoms. The van der Waals surface area contributed by atoms with E-state index in [1.807, 2.05) is 49.5 Å². The second-order valence-electron chi connectivity index (χ2n) is 4.07. The third kappa shape index (κ3) is 1.93. The molecule has 0 atom stereocenters. The van der Waals surface area contributed by atoms with E-state index in [1.54, 1.807) is 0 Å². The first-order valence-corrected chi connectivity index (χ1v) is 6.07. The summed E-state index contributed by atoms with van der Waals surface area (Å²) < 4.78 is 0. The first-order valence-electron chi connectivity index (χ1n) is 5.70. The highest BCUT2D eigenvalue weighted by atomic mass is 35.5. The molecule has 4 heteroatoms. The fourth-order valence-corrected chi connectivity index (χ4v) is 2.09. The first kappa shape index (κ1) is 11.1. The van der Waals surface area contributed by atoms with Crippen LogP contribution in [0.5, 0.6) is 0 Å². The Morgan fingerprint density at radius 3 is 2.61 bits per heavy atom. The Balaban J connectivity index is 2.07. The Hall–Kier alpha value is -2.00. The van der Waals surface area contributed by atoms with Crippen molar-refractivity contribution in [3.8, 4) is 11.4 Å². The van der Waals surface area contributed by atoms with Crippen LogP contribution in [0.4, 0.5) is 5.69 Å². The second kappa shape index (κ2) is 4.35. The molecular formula is C14H12ClN3. The number of benzene rings is 2. The average Bonchev–Trinajstić information content (AvgIpc) is 2.81. The topological polar surface area (TPSA) is 40.7 Å². The summed E-state index contributed by atoms with van der Waals surface area (Å²) in [5.41, 5.74) is 4.02. The minimum atomic E-state index is 0.711. The lowest BCUT2D eigenvalue weighted by atomic mass is 10.2. The van der Waals surface area contributed by atoms with Crippen molar-refractivity contribution in [3.63, 3.8) is 0 Å². The summed E-state index contributed by atoms with van der Waals surface area (Å²) in [6.07, 6.45) is 0. The van der Waals surface area contributed by atoms with Gasteiger partial charge in [0.05, 0.1) is 11.0 Å². The lowest BCUT2D eigenvalue weighted by Crippen LogP contribution is -1.87. The number of imidazole rings is 1. The van der Waals surface area contributed by atoms with E-state index in [0.717, 1.165) is 28.1 Å². The number of aromatic nitrogens is 2. The molecule has 3 aromatic rings. The molecule has 18 heavy (non-hydrogen) atoms. The van der Waals surface area contributed by atoms with E-state index in [4.69, 9.17) is 11.6 Å². The first-order chi connectivity index (χ1) is 8.76. The van der Waals surface area contributed by atoms with E-state index in [2.05, 4.69) is 15.3 Å². The number of H-pyrrole nitrogens is 1. The fourth-order valence-electron chi connectivity index (χ4n) is 1.91. The van der Waals surface area contributed by atoms with Crippen LogP contribution in [-0.2, 0) is 0 Å². The average molecular weight is 258 g/mol. The molecule has 0 saturated heterocycles. The van der Waals surface area contributed by atoms with E-state index >= 15 is 0 Å². The zero-order chi connectivity index (χ0) is 12.5. The Morgan fingerprint density at radius 2 is 1.89 bits per heavy atom. The summed E-state index contributed by atoms with van der Waals surface area (Å²) in [5.74, 6) is 0.856. The number of nitrogens with zero attached hydrogens (tertiary/aromatic N) is 1. The molecule has 0 radical (unpaired) electrons. The maximum atomic E-state index is 5.96. The van der Waals surface area contributed by atoms with Crippen molar-refractivity contribution in [2.75, 3.05) is 12.4 Å². The predicted molar refractivity (Wildman–Crippen MR) is 76.1 cm³/mol. The van der Waals surface area contributed by atoms with E-state index in [1.165, 1.54) is 0 Å². The maximum Gasteiger partial charge on any atom is 0.138 e. The molecule has 0 spiro atoms. The van der Waals surface area contributed by atoms with Gasteiger partial charge in [-0.15, -0.1) is 0 Å². The van der Waals surface area contributed by atoms with Gasteiger partial charge in [0, 0.05) is 23.3 Å². The number of hydrogen-bond donors (Lipinski definition) is 2. The molecule has 3 nitrogen and oxygen atoms in total. The monoisotopic (exact) mass is 257 g/mol. The van der Waals surface area contributed by atoms with Crippen LogP contribution >= 0.6 is 11.6 Å². The van der Waals surface area contributed by atoms with Gasteiger partial charge in [0.2, 0.25) is 0 Å². The number of anilines is 1. The Morgan fingerprint density at radius 1 is 1.11 bits per heavy atom. The van der Waals surface area contributed by atoms with Gasteiger partial charge in [0.25, 0.3) is 0 Å². The van der Waals surface area contributed by atoms with Crippen molar-refractivity contribution in [2.45, 2.75) is 0 Å². The van der Waals surface area contributed by atoms with Crippen LogP contribution in [-0.4, -0.2) is 17.0 Å². The highest BCUT2D eigenvalue weighted by molar-refractivity contribution is 6.31. The van der Waals surface area contributed by atoms with Gasteiger partial charge < -0.3 is 10.3 Å². The highest BCUT2D eigenvalue weighted by Crippen LogP contribution is 2.23. The van der Waals surface area contributed by atoms with Crippen LogP contribution in [0.3, 0.4) is 0 Å². The number of halogens is 1. The summed E-state index contributed by atoms with van der Waals surface area (Å²) in [5, 5.41) is 3.80. The normalized spacial score (nSPS) is 10.8. The van der Waals surface area contributed by atoms with Crippen molar-refractivity contribution in [1.82, 2.24) is 9.97 Å². The van der Waals surface area contributed by atoms with Crippen molar-refractivity contribution in [1.29, 1.82) is 0 Å². The van der Waals surface area contributed by atoms with Crippen molar-refractivity contribution < 1.29 is 0 Å². The van der Waals surface area contributed by atoms with E-state index < -0.39 is 0 Å². The van der Waals surface area contributed by atoms with Crippen LogP contribution in [0.2, 0.25) is 5.02 Å². The van der Waals surface area contributed by atoms with Gasteiger partial charge in [-0.05, 0) is 42.5 Å². The largest absolute Gasteiger partial charge is 0.388 e. The minimum Gasteiger partial charge on any atom is -0.388 e. The molecule has 2 N–H and O–H groups in total. The van der Waals surface area contributed by atoms with E-state index in [9.17, 15) is 0 Å². The van der Waals surface area contributed by atoms with E-state index in [-0.39, 0.29) is 0 Å². The van der Waals surface area contributed by atoms with Crippen molar-refractivity contribution >= 4 is 28.3 Å². The zero-order valence-electron chi connectivity index (χ0n) is 9.87. The van der Waals surface area contributed by atoms with E-state index in [0.29, 0.717) is 5.02 Å². The smallest absolute Gasteiger partial charge is 0.138 e. The van der Waals surface area contributed by atoms with Gasteiger partial charge in [-0.2, -0.15) is 0 Å². The highest BCUT2D eigenvalue weighted by Gasteiger charge is 2.05. The van der Waals surface area contributed by atoms with Gasteiger partial charge in [-0.1, -0.05) is 11.6 Å². The molecule has 2 aromatic carbocycles. The molecule has 0 aliphatic carbocycles. The molecule has 0 amide bonds. The second-order valence-corrected chi connectivity index (χ2v) is 4.51. The molecule has 0 fully saturated rings. The van der Waals surface area contributed by atoms with Crippen LogP contribution in [0.15, 0.2) is 42.5 Å². The summed E-state index contributed by atoms with van der Waals surface area (Å²) in [4.78, 5) is 7.82. The molecule has 1 aromatic heterocycles. The molecule has 0 aliphatic rings. The molecule has 0 unspecified atom stereocenters. The SMILES string of the molecule is CNc1ccc(-c2nc3ccc(Cl)cc3[nH]2)cc1. The quantitative estimate of drug-likeness (QED) is 0.730. The minimum absolute atomic E-state index is 0.711. The molecular weight excluding hydrogens is 246 g/mol. The molecule has 1 heterocycles. The zero-order valence-corrected chi connectivity index (χ0v) is 10.6. The van der Waals surface area contributed by atoms with Crippen molar-refractivity contribution in [3.05, 3.63) is 47.5 Å². The standard InChI is InChI=1S/C14H12ClN3/c1-16-11-5-2-9(3-6-11)14-17-12-7-4-10(15)8-13(12)18-14/h2-8,16H,1H3,(H,17,18). The Labute approximate surface area is 110 Å². The lowest BCUT2D eigenvalue weighted by molar-refractivity contribution is 1.33. The number of hydrogen-bond acceptors (Lipinski definition) is 2. The molecule has 0 saturated carbocycles. The molecule has 3 rings (SSSR count). The van der Waals surface area contributed by atoms with Gasteiger partial charge >= 0.3 is 0 Å². The molecule has 0 aliphatic heterocycles. The Kier molecular flexibility index (Phi) is 2.68. The number of nitrogens with one attached hydrogen (secondary N) is 2. The summed E-state index contributed by atoms with van der Waals surface area (Å²) in [6, 6.07) is 13.8. The van der Waals surface area contributed by atoms with Crippen LogP contribution in [0.1, 0.15) is 0 Å². The maximum absolute atomic E-state index is 5.96. The summed E-state index contributed by atoms with van der Waals surface area (Å²) in [6.45, 7) is 0. The Bertz CT molecular complexity index is 686. The van der Waals surface area contributed by atoms with Gasteiger partial charge in [0.15, 0.2) is 0 Å². The van der Waals surface area contributed by atoms with Crippen LogP contribution < -0.4 is 5.32 Å². The van der Waals surface area contributed by atoms with Gasteiger partial charge in [-0.3, -0.25) is 0 Å². The number of aromatic amines is 1. The van der Waals surface area contributed by atoms with Crippen molar-refractivity contribution in [2.24, 2.45) is 0 Å². The number of fused-ring (bicyclic) bond motifs is 1. The van der Waals surface area contributed by atoms with Gasteiger partial charge in [0.1, 0.15) is 5.82 Å². The predicted octanol–water partition coefficient (Wildman–Crippen LogP) is 3.93. The fraction of sp³-hybridized carbons (Fsp3) is 0.0714. The third-order valence-corrected chi connectivity index (χ3v) is 3.13. The summed E-state index contributed by atoms with van der Waals surface area (Å²) >= 11 is 5.96. The van der Waals surface area contributed by atoms with Crippen LogP contribution in [0.25, 0.3) is 22.4 Å². The lowest BCUT2D eigenvalue weighted by Gasteiger charge is -2.00. The summed E-state index contributed by atoms with van der Waals surface area (Å²) in [7, 11) is 1.90. The van der Waals surface area contributed by atoms with Crippen LogP contribution in [0, 0.1) is 0 Å². The molecule has 90 valence electrons. The van der Waals surface area contributed by atoms with Gasteiger partial charge in [-0.25, -0.2) is 4.98 Å². The number of rotatable bonds is 2.